The van der Waals surface area contributed by atoms with Gasteiger partial charge in [0.05, 0.1) is 0 Å². The molecule has 0 bridgehead atoms. The van der Waals surface area contributed by atoms with Crippen molar-refractivity contribution in [1.82, 2.24) is 0 Å². The first-order valence-corrected chi connectivity index (χ1v) is 6.11. The van der Waals surface area contributed by atoms with Crippen molar-refractivity contribution in [3.8, 4) is 0 Å². The second-order valence-electron chi connectivity index (χ2n) is 5.29. The van der Waals surface area contributed by atoms with Crippen molar-refractivity contribution in [2.24, 2.45) is 5.73 Å². The molecule has 1 aromatic carbocycles. The maximum atomic E-state index is 13.6. The highest BCUT2D eigenvalue weighted by Gasteiger charge is 2.31. The van der Waals surface area contributed by atoms with Gasteiger partial charge in [-0.1, -0.05) is 32.8 Å². The summed E-state index contributed by atoms with van der Waals surface area (Å²) in [5.41, 5.74) is 8.09. The van der Waals surface area contributed by atoms with Crippen molar-refractivity contribution < 1.29 is 4.39 Å². The topological polar surface area (TPSA) is 26.0 Å². The highest BCUT2D eigenvalue weighted by Crippen LogP contribution is 2.37. The van der Waals surface area contributed by atoms with E-state index < -0.39 is 0 Å². The second-order valence-corrected chi connectivity index (χ2v) is 5.29. The van der Waals surface area contributed by atoms with E-state index in [-0.39, 0.29) is 11.4 Å². The van der Waals surface area contributed by atoms with E-state index in [9.17, 15) is 4.39 Å². The zero-order chi connectivity index (χ0) is 11.8. The molecule has 88 valence electrons. The molecule has 0 heterocycles. The molecule has 0 radical (unpaired) electrons. The van der Waals surface area contributed by atoms with Gasteiger partial charge in [0.2, 0.25) is 0 Å². The molecule has 0 aliphatic heterocycles. The second kappa shape index (κ2) is 4.17. The summed E-state index contributed by atoms with van der Waals surface area (Å²) in [5.74, 6) is 0.192. The first kappa shape index (κ1) is 11.6. The van der Waals surface area contributed by atoms with Crippen LogP contribution in [0.4, 0.5) is 4.39 Å². The van der Waals surface area contributed by atoms with Crippen LogP contribution in [0, 0.1) is 5.82 Å². The highest BCUT2D eigenvalue weighted by atomic mass is 19.1. The number of hydrogen-bond donors (Lipinski definition) is 1. The molecule has 0 amide bonds. The summed E-state index contributed by atoms with van der Waals surface area (Å²) >= 11 is 0. The molecule has 2 N–H and O–H groups in total. The lowest BCUT2D eigenvalue weighted by atomic mass is 9.87. The van der Waals surface area contributed by atoms with Crippen LogP contribution in [0.25, 0.3) is 0 Å². The van der Waals surface area contributed by atoms with Gasteiger partial charge in [-0.15, -0.1) is 0 Å². The zero-order valence-corrected chi connectivity index (χ0v) is 10.1. The predicted molar refractivity (Wildman–Crippen MR) is 64.8 cm³/mol. The van der Waals surface area contributed by atoms with Gasteiger partial charge in [-0.2, -0.15) is 0 Å². The normalized spacial score (nSPS) is 19.3. The average Bonchev–Trinajstić information content (AvgIpc) is 2.65. The van der Waals surface area contributed by atoms with Gasteiger partial charge < -0.3 is 5.73 Å². The smallest absolute Gasteiger partial charge is 0.123 e. The molecule has 1 saturated carbocycles. The molecule has 1 fully saturated rings. The summed E-state index contributed by atoms with van der Waals surface area (Å²) in [6.45, 7) is 4.16. The van der Waals surface area contributed by atoms with E-state index in [1.165, 1.54) is 0 Å². The van der Waals surface area contributed by atoms with Crippen LogP contribution < -0.4 is 5.73 Å². The molecule has 0 spiro atoms. The lowest BCUT2D eigenvalue weighted by molar-refractivity contribution is 0.457. The van der Waals surface area contributed by atoms with E-state index in [1.54, 1.807) is 12.1 Å². The number of rotatable bonds is 2. The van der Waals surface area contributed by atoms with E-state index in [4.69, 9.17) is 5.73 Å². The predicted octanol–water partition coefficient (Wildman–Crippen LogP) is 3.68. The molecular formula is C14H20FN. The van der Waals surface area contributed by atoms with Crippen molar-refractivity contribution in [3.05, 3.63) is 35.1 Å². The fourth-order valence-electron chi connectivity index (χ4n) is 2.53. The summed E-state index contributed by atoms with van der Waals surface area (Å²) in [4.78, 5) is 0. The quantitative estimate of drug-likeness (QED) is 0.810. The Morgan fingerprint density at radius 2 is 1.81 bits per heavy atom. The van der Waals surface area contributed by atoms with Crippen LogP contribution >= 0.6 is 0 Å². The molecule has 1 nitrogen and oxygen atoms in total. The van der Waals surface area contributed by atoms with Gasteiger partial charge in [0.1, 0.15) is 5.82 Å². The Labute approximate surface area is 96.9 Å². The van der Waals surface area contributed by atoms with E-state index in [2.05, 4.69) is 19.9 Å². The van der Waals surface area contributed by atoms with E-state index >= 15 is 0 Å². The minimum Gasteiger partial charge on any atom is -0.321 e. The summed E-state index contributed by atoms with van der Waals surface area (Å²) < 4.78 is 13.6. The van der Waals surface area contributed by atoms with Gasteiger partial charge in [0.25, 0.3) is 0 Å². The number of halogens is 1. The average molecular weight is 221 g/mol. The van der Waals surface area contributed by atoms with E-state index in [1.807, 2.05) is 0 Å². The number of nitrogens with two attached hydrogens (primary N) is 1. The van der Waals surface area contributed by atoms with Gasteiger partial charge in [0.15, 0.2) is 0 Å². The first-order valence-electron chi connectivity index (χ1n) is 6.11. The standard InChI is InChI=1S/C14H20FN/c1-10(2)11-7-12(9-13(15)8-11)14(16)5-3-4-6-14/h7-10H,3-6,16H2,1-2H3. The van der Waals surface area contributed by atoms with Gasteiger partial charge in [-0.05, 0) is 42.0 Å². The molecule has 0 saturated heterocycles. The zero-order valence-electron chi connectivity index (χ0n) is 10.1. The van der Waals surface area contributed by atoms with Gasteiger partial charge in [-0.3, -0.25) is 0 Å². The highest BCUT2D eigenvalue weighted by molar-refractivity contribution is 5.32. The Balaban J connectivity index is 2.40. The summed E-state index contributed by atoms with van der Waals surface area (Å²) in [6.07, 6.45) is 4.27. The molecule has 0 atom stereocenters. The molecule has 0 aromatic heterocycles. The molecule has 1 aliphatic carbocycles. The molecular weight excluding hydrogens is 201 g/mol. The van der Waals surface area contributed by atoms with Crippen LogP contribution in [0.3, 0.4) is 0 Å². The minimum atomic E-state index is -0.286. The van der Waals surface area contributed by atoms with Crippen LogP contribution in [0.2, 0.25) is 0 Å². The fraction of sp³-hybridized carbons (Fsp3) is 0.571. The maximum absolute atomic E-state index is 13.6. The molecule has 2 rings (SSSR count). The Hall–Kier alpha value is -0.890. The minimum absolute atomic E-state index is 0.155. The van der Waals surface area contributed by atoms with Gasteiger partial charge in [-0.25, -0.2) is 4.39 Å². The van der Waals surface area contributed by atoms with E-state index in [0.717, 1.165) is 36.8 Å². The Morgan fingerprint density at radius 3 is 2.38 bits per heavy atom. The first-order chi connectivity index (χ1) is 7.51. The summed E-state index contributed by atoms with van der Waals surface area (Å²) in [7, 11) is 0. The Bertz CT molecular complexity index is 378. The van der Waals surface area contributed by atoms with Crippen LogP contribution in [-0.4, -0.2) is 0 Å². The van der Waals surface area contributed by atoms with Crippen LogP contribution in [0.5, 0.6) is 0 Å². The SMILES string of the molecule is CC(C)c1cc(F)cc(C2(N)CCCC2)c1. The van der Waals surface area contributed by atoms with Crippen LogP contribution in [0.1, 0.15) is 56.6 Å². The molecule has 2 heteroatoms. The molecule has 16 heavy (non-hydrogen) atoms. The van der Waals surface area contributed by atoms with Gasteiger partial charge in [0, 0.05) is 5.54 Å². The Morgan fingerprint density at radius 1 is 1.19 bits per heavy atom. The van der Waals surface area contributed by atoms with Crippen LogP contribution in [-0.2, 0) is 5.54 Å². The van der Waals surface area contributed by atoms with Crippen molar-refractivity contribution in [1.29, 1.82) is 0 Å². The number of benzene rings is 1. The monoisotopic (exact) mass is 221 g/mol. The van der Waals surface area contributed by atoms with Crippen molar-refractivity contribution in [3.63, 3.8) is 0 Å². The third kappa shape index (κ3) is 2.12. The molecule has 0 unspecified atom stereocenters. The molecule has 1 aromatic rings. The maximum Gasteiger partial charge on any atom is 0.123 e. The fourth-order valence-corrected chi connectivity index (χ4v) is 2.53. The lowest BCUT2D eigenvalue weighted by Crippen LogP contribution is -2.33. The number of hydrogen-bond acceptors (Lipinski definition) is 1. The third-order valence-corrected chi connectivity index (χ3v) is 3.66. The van der Waals surface area contributed by atoms with Crippen molar-refractivity contribution in [2.45, 2.75) is 51.0 Å². The summed E-state index contributed by atoms with van der Waals surface area (Å²) in [5, 5.41) is 0. The van der Waals surface area contributed by atoms with Gasteiger partial charge >= 0.3 is 0 Å². The van der Waals surface area contributed by atoms with Crippen LogP contribution in [0.15, 0.2) is 18.2 Å². The third-order valence-electron chi connectivity index (χ3n) is 3.66. The Kier molecular flexibility index (Phi) is 3.02. The lowest BCUT2D eigenvalue weighted by Gasteiger charge is -2.25. The van der Waals surface area contributed by atoms with E-state index in [0.29, 0.717) is 5.92 Å². The molecule has 1 aliphatic rings. The summed E-state index contributed by atoms with van der Waals surface area (Å²) in [6, 6.07) is 5.31. The largest absolute Gasteiger partial charge is 0.321 e. The van der Waals surface area contributed by atoms with Crippen molar-refractivity contribution in [2.75, 3.05) is 0 Å². The van der Waals surface area contributed by atoms with Crippen molar-refractivity contribution >= 4 is 0 Å².